The van der Waals surface area contributed by atoms with E-state index in [0.29, 0.717) is 28.9 Å². The number of nitrogens with zero attached hydrogens (tertiary/aromatic N) is 1. The van der Waals surface area contributed by atoms with E-state index < -0.39 is 5.97 Å². The van der Waals surface area contributed by atoms with Crippen molar-refractivity contribution in [2.45, 2.75) is 0 Å². The molecule has 18 heavy (non-hydrogen) atoms. The summed E-state index contributed by atoms with van der Waals surface area (Å²) in [5.74, 6) is -1.16. The van der Waals surface area contributed by atoms with Gasteiger partial charge in [0.25, 0.3) is 0 Å². The van der Waals surface area contributed by atoms with Crippen LogP contribution in [0.4, 0.5) is 5.69 Å². The van der Waals surface area contributed by atoms with Crippen molar-refractivity contribution in [3.8, 4) is 0 Å². The van der Waals surface area contributed by atoms with Crippen molar-refractivity contribution in [1.82, 2.24) is 0 Å². The van der Waals surface area contributed by atoms with E-state index in [2.05, 4.69) is 0 Å². The Hall–Kier alpha value is -0.373. The summed E-state index contributed by atoms with van der Waals surface area (Å²) in [6.07, 6.45) is 0. The summed E-state index contributed by atoms with van der Waals surface area (Å²) in [4.78, 5) is 12.2. The van der Waals surface area contributed by atoms with Crippen LogP contribution in [0, 0.1) is 0 Å². The Bertz CT molecular complexity index is 404. The van der Waals surface area contributed by atoms with Crippen molar-refractivity contribution in [1.29, 1.82) is 0 Å². The number of carboxylic acid groups (broad SMARTS) is 1. The minimum absolute atomic E-state index is 0. The van der Waals surface area contributed by atoms with E-state index in [4.69, 9.17) is 27.9 Å². The zero-order valence-corrected chi connectivity index (χ0v) is 11.8. The van der Waals surface area contributed by atoms with Crippen LogP contribution in [0.5, 0.6) is 0 Å². The zero-order chi connectivity index (χ0) is 12.8. The fraction of sp³-hybridized carbons (Fsp3) is 0.364. The van der Waals surface area contributed by atoms with E-state index >= 15 is 0 Å². The average Bonchev–Trinajstić information content (AvgIpc) is 2.27. The van der Waals surface area contributed by atoms with E-state index in [0.717, 1.165) is 0 Å². The maximum atomic E-state index is 10.6. The number of carbonyl (C=O) groups excluding carboxylic acids is 1. The van der Waals surface area contributed by atoms with Gasteiger partial charge in [-0.25, -0.2) is 0 Å². The molecule has 0 fully saturated rings. The summed E-state index contributed by atoms with van der Waals surface area (Å²) in [7, 11) is 1.55. The van der Waals surface area contributed by atoms with Crippen LogP contribution in [0.1, 0.15) is 0 Å². The maximum absolute atomic E-state index is 10.6. The van der Waals surface area contributed by atoms with E-state index in [1.54, 1.807) is 30.2 Å². The molecule has 0 heterocycles. The number of carbonyl (C=O) groups is 1. The van der Waals surface area contributed by atoms with Crippen LogP contribution in [-0.2, 0) is 9.53 Å². The van der Waals surface area contributed by atoms with Crippen molar-refractivity contribution < 1.29 is 33.5 Å². The van der Waals surface area contributed by atoms with Gasteiger partial charge in [0.05, 0.1) is 29.2 Å². The summed E-state index contributed by atoms with van der Waals surface area (Å²) in [6, 6.07) is 4.93. The van der Waals surface area contributed by atoms with Gasteiger partial charge in [-0.2, -0.15) is 0 Å². The Kier molecular flexibility index (Phi) is 8.50. The summed E-state index contributed by atoms with van der Waals surface area (Å²) in [5.41, 5.74) is 0.667. The van der Waals surface area contributed by atoms with Gasteiger partial charge >= 0.3 is 18.9 Å². The minimum atomic E-state index is -1.16. The second-order valence-corrected chi connectivity index (χ2v) is 4.20. The molecule has 7 heteroatoms. The Morgan fingerprint density at radius 3 is 2.56 bits per heavy atom. The first kappa shape index (κ1) is 17.6. The van der Waals surface area contributed by atoms with Gasteiger partial charge in [0.15, 0.2) is 0 Å². The van der Waals surface area contributed by atoms with Crippen molar-refractivity contribution in [2.24, 2.45) is 0 Å². The van der Waals surface area contributed by atoms with Gasteiger partial charge in [0.1, 0.15) is 0 Å². The molecule has 0 aromatic heterocycles. The average molecular weight is 284 g/mol. The molecule has 0 aliphatic rings. The second kappa shape index (κ2) is 8.68. The standard InChI is InChI=1S/C11H13Cl2NO3.Li/c1-17-5-4-14(7-11(15)16)8-2-3-9(12)10(13)6-8;/h2-3,6H,4-5,7H2,1H3,(H,15,16);/q;+1/p-1. The molecule has 1 rings (SSSR count). The first-order valence-electron chi connectivity index (χ1n) is 4.93. The van der Waals surface area contributed by atoms with Crippen LogP contribution in [0.15, 0.2) is 18.2 Å². The molecular formula is C11H12Cl2LiNO3. The van der Waals surface area contributed by atoms with Gasteiger partial charge in [0, 0.05) is 19.3 Å². The molecule has 0 aliphatic carbocycles. The topological polar surface area (TPSA) is 52.6 Å². The van der Waals surface area contributed by atoms with E-state index in [1.165, 1.54) is 0 Å². The van der Waals surface area contributed by atoms with Crippen molar-refractivity contribution in [2.75, 3.05) is 31.7 Å². The SMILES string of the molecule is COCCN(CC(=O)[O-])c1ccc(Cl)c(Cl)c1.[Li+]. The van der Waals surface area contributed by atoms with Crippen LogP contribution in [-0.4, -0.2) is 32.8 Å². The fourth-order valence-corrected chi connectivity index (χ4v) is 1.63. The molecule has 0 aliphatic heterocycles. The smallest absolute Gasteiger partial charge is 0.548 e. The van der Waals surface area contributed by atoms with Gasteiger partial charge in [-0.3, -0.25) is 0 Å². The number of aliphatic carboxylic acids is 1. The van der Waals surface area contributed by atoms with E-state index in [9.17, 15) is 9.90 Å². The van der Waals surface area contributed by atoms with Gasteiger partial charge < -0.3 is 19.5 Å². The normalized spacial score (nSPS) is 9.72. The third-order valence-electron chi connectivity index (χ3n) is 2.15. The molecule has 0 atom stereocenters. The summed E-state index contributed by atoms with van der Waals surface area (Å²) in [5, 5.41) is 11.5. The van der Waals surface area contributed by atoms with Gasteiger partial charge in [-0.1, -0.05) is 23.2 Å². The van der Waals surface area contributed by atoms with Crippen LogP contribution in [0.3, 0.4) is 0 Å². The molecule has 4 nitrogen and oxygen atoms in total. The molecule has 0 spiro atoms. The zero-order valence-electron chi connectivity index (χ0n) is 10.3. The van der Waals surface area contributed by atoms with Crippen molar-refractivity contribution in [3.05, 3.63) is 28.2 Å². The maximum Gasteiger partial charge on any atom is 1.00 e. The Balaban J connectivity index is 0.00000289. The van der Waals surface area contributed by atoms with Crippen molar-refractivity contribution in [3.63, 3.8) is 0 Å². The number of benzene rings is 1. The Morgan fingerprint density at radius 2 is 2.06 bits per heavy atom. The minimum Gasteiger partial charge on any atom is -0.548 e. The summed E-state index contributed by atoms with van der Waals surface area (Å²) in [6.45, 7) is 0.622. The number of halogens is 2. The van der Waals surface area contributed by atoms with E-state index in [-0.39, 0.29) is 25.4 Å². The molecule has 0 radical (unpaired) electrons. The number of hydrogen-bond acceptors (Lipinski definition) is 4. The monoisotopic (exact) mass is 283 g/mol. The number of carboxylic acids is 1. The first-order valence-corrected chi connectivity index (χ1v) is 5.69. The number of methoxy groups -OCH3 is 1. The predicted molar refractivity (Wildman–Crippen MR) is 65.6 cm³/mol. The molecule has 0 unspecified atom stereocenters. The van der Waals surface area contributed by atoms with Gasteiger partial charge in [-0.05, 0) is 18.2 Å². The molecule has 0 amide bonds. The molecule has 1 aromatic rings. The first-order chi connectivity index (χ1) is 8.04. The van der Waals surface area contributed by atoms with E-state index in [1.807, 2.05) is 0 Å². The quantitative estimate of drug-likeness (QED) is 0.578. The van der Waals surface area contributed by atoms with Crippen LogP contribution >= 0.6 is 23.2 Å². The molecule has 0 saturated carbocycles. The van der Waals surface area contributed by atoms with Gasteiger partial charge in [0.2, 0.25) is 0 Å². The van der Waals surface area contributed by atoms with Crippen LogP contribution in [0.2, 0.25) is 10.0 Å². The molecule has 0 saturated heterocycles. The van der Waals surface area contributed by atoms with Crippen molar-refractivity contribution >= 4 is 34.9 Å². The predicted octanol–water partition coefficient (Wildman–Crippen LogP) is -1.80. The number of hydrogen-bond donors (Lipinski definition) is 0. The second-order valence-electron chi connectivity index (χ2n) is 3.38. The third kappa shape index (κ3) is 5.51. The van der Waals surface area contributed by atoms with Gasteiger partial charge in [-0.15, -0.1) is 0 Å². The Labute approximate surface area is 128 Å². The Morgan fingerprint density at radius 1 is 1.39 bits per heavy atom. The number of rotatable bonds is 6. The number of ether oxygens (including phenoxy) is 1. The van der Waals surface area contributed by atoms with Crippen LogP contribution in [0.25, 0.3) is 0 Å². The molecule has 1 aromatic carbocycles. The number of anilines is 1. The molecule has 0 bridgehead atoms. The summed E-state index contributed by atoms with van der Waals surface area (Å²) >= 11 is 11.7. The summed E-state index contributed by atoms with van der Waals surface area (Å²) < 4.78 is 4.92. The third-order valence-corrected chi connectivity index (χ3v) is 2.89. The fourth-order valence-electron chi connectivity index (χ4n) is 1.34. The molecule has 94 valence electrons. The largest absolute Gasteiger partial charge is 1.00 e. The van der Waals surface area contributed by atoms with Crippen LogP contribution < -0.4 is 28.9 Å². The molecule has 0 N–H and O–H groups in total. The molecular weight excluding hydrogens is 272 g/mol.